The van der Waals surface area contributed by atoms with Gasteiger partial charge in [-0.25, -0.2) is 0 Å². The molecule has 1 N–H and O–H groups in total. The summed E-state index contributed by atoms with van der Waals surface area (Å²) in [5, 5.41) is 17.5. The Morgan fingerprint density at radius 2 is 2.14 bits per heavy atom. The van der Waals surface area contributed by atoms with E-state index in [0.29, 0.717) is 17.1 Å². The number of amides is 1. The second kappa shape index (κ2) is 6.25. The lowest BCUT2D eigenvalue weighted by Gasteiger charge is -2.10. The Morgan fingerprint density at radius 3 is 2.77 bits per heavy atom. The van der Waals surface area contributed by atoms with Crippen molar-refractivity contribution in [2.45, 2.75) is 20.4 Å². The smallest absolute Gasteiger partial charge is 0.345 e. The molecule has 22 heavy (non-hydrogen) atoms. The molecule has 0 atom stereocenters. The van der Waals surface area contributed by atoms with Crippen LogP contribution < -0.4 is 10.1 Å². The number of nitro groups is 1. The molecule has 0 saturated carbocycles. The van der Waals surface area contributed by atoms with E-state index in [1.165, 1.54) is 13.2 Å². The summed E-state index contributed by atoms with van der Waals surface area (Å²) in [4.78, 5) is 22.4. The SMILES string of the molecule is COc1ccc(C)cc1NC(=O)Cn1nc(C)cc1[N+](=O)[O-]. The Hall–Kier alpha value is -2.90. The molecule has 0 aliphatic carbocycles. The molecule has 2 aromatic rings. The lowest BCUT2D eigenvalue weighted by Crippen LogP contribution is -2.21. The summed E-state index contributed by atoms with van der Waals surface area (Å²) in [5.74, 6) is -0.121. The maximum Gasteiger partial charge on any atom is 0.345 e. The van der Waals surface area contributed by atoms with Gasteiger partial charge in [0.2, 0.25) is 0 Å². The highest BCUT2D eigenvalue weighted by atomic mass is 16.6. The average molecular weight is 304 g/mol. The molecule has 1 amide bonds. The zero-order chi connectivity index (χ0) is 16.3. The molecule has 0 spiro atoms. The number of hydrogen-bond donors (Lipinski definition) is 1. The van der Waals surface area contributed by atoms with Crippen molar-refractivity contribution in [2.75, 3.05) is 12.4 Å². The predicted octanol–water partition coefficient (Wildman–Crippen LogP) is 2.06. The van der Waals surface area contributed by atoms with Gasteiger partial charge in [0, 0.05) is 0 Å². The van der Waals surface area contributed by atoms with Gasteiger partial charge in [-0.15, -0.1) is 4.68 Å². The summed E-state index contributed by atoms with van der Waals surface area (Å²) in [6.45, 7) is 3.27. The molecule has 8 heteroatoms. The largest absolute Gasteiger partial charge is 0.495 e. The minimum Gasteiger partial charge on any atom is -0.495 e. The van der Waals surface area contributed by atoms with Crippen LogP contribution in [0.5, 0.6) is 5.75 Å². The first-order valence-electron chi connectivity index (χ1n) is 6.54. The van der Waals surface area contributed by atoms with Gasteiger partial charge in [-0.3, -0.25) is 4.79 Å². The molecule has 0 fully saturated rings. The summed E-state index contributed by atoms with van der Waals surface area (Å²) in [5.41, 5.74) is 1.95. The molecule has 0 unspecified atom stereocenters. The van der Waals surface area contributed by atoms with Crippen molar-refractivity contribution < 1.29 is 14.5 Å². The molecule has 0 radical (unpaired) electrons. The molecule has 0 saturated heterocycles. The molecule has 1 heterocycles. The van der Waals surface area contributed by atoms with E-state index >= 15 is 0 Å². The number of carbonyl (C=O) groups excluding carboxylic acids is 1. The normalized spacial score (nSPS) is 10.3. The number of hydrogen-bond acceptors (Lipinski definition) is 5. The number of nitrogens with one attached hydrogen (secondary N) is 1. The van der Waals surface area contributed by atoms with Crippen LogP contribution in [0.4, 0.5) is 11.5 Å². The molecule has 0 aliphatic rings. The number of benzene rings is 1. The van der Waals surface area contributed by atoms with Crippen LogP contribution in [-0.4, -0.2) is 27.7 Å². The molecule has 8 nitrogen and oxygen atoms in total. The Kier molecular flexibility index (Phi) is 4.40. The molecule has 0 aliphatic heterocycles. The van der Waals surface area contributed by atoms with Gasteiger partial charge < -0.3 is 20.2 Å². The zero-order valence-electron chi connectivity index (χ0n) is 12.5. The Labute approximate surface area is 126 Å². The van der Waals surface area contributed by atoms with Gasteiger partial charge in [0.05, 0.1) is 24.6 Å². The highest BCUT2D eigenvalue weighted by molar-refractivity contribution is 5.92. The molecule has 1 aromatic heterocycles. The van der Waals surface area contributed by atoms with Gasteiger partial charge in [0.1, 0.15) is 5.75 Å². The highest BCUT2D eigenvalue weighted by Crippen LogP contribution is 2.25. The van der Waals surface area contributed by atoms with Crippen LogP contribution in [0.3, 0.4) is 0 Å². The lowest BCUT2D eigenvalue weighted by atomic mass is 10.2. The molecular weight excluding hydrogens is 288 g/mol. The Balaban J connectivity index is 2.17. The maximum atomic E-state index is 12.1. The maximum absolute atomic E-state index is 12.1. The lowest BCUT2D eigenvalue weighted by molar-refractivity contribution is -0.392. The quantitative estimate of drug-likeness (QED) is 0.673. The van der Waals surface area contributed by atoms with E-state index in [9.17, 15) is 14.9 Å². The van der Waals surface area contributed by atoms with Crippen molar-refractivity contribution in [1.29, 1.82) is 0 Å². The topological polar surface area (TPSA) is 99.3 Å². The van der Waals surface area contributed by atoms with Crippen LogP contribution in [0, 0.1) is 24.0 Å². The van der Waals surface area contributed by atoms with E-state index < -0.39 is 10.8 Å². The van der Waals surface area contributed by atoms with Crippen LogP contribution in [-0.2, 0) is 11.3 Å². The first-order valence-corrected chi connectivity index (χ1v) is 6.54. The number of anilines is 1. The molecule has 2 rings (SSSR count). The fraction of sp³-hybridized carbons (Fsp3) is 0.286. The van der Waals surface area contributed by atoms with E-state index in [1.54, 1.807) is 19.1 Å². The minimum atomic E-state index is -0.569. The monoisotopic (exact) mass is 304 g/mol. The number of aryl methyl sites for hydroxylation is 2. The second-order valence-corrected chi connectivity index (χ2v) is 4.81. The van der Waals surface area contributed by atoms with Crippen molar-refractivity contribution in [2.24, 2.45) is 0 Å². The van der Waals surface area contributed by atoms with Crippen LogP contribution in [0.1, 0.15) is 11.3 Å². The number of aromatic nitrogens is 2. The van der Waals surface area contributed by atoms with Crippen LogP contribution in [0.25, 0.3) is 0 Å². The van der Waals surface area contributed by atoms with Crippen molar-refractivity contribution >= 4 is 17.4 Å². The number of nitrogens with zero attached hydrogens (tertiary/aromatic N) is 3. The summed E-state index contributed by atoms with van der Waals surface area (Å²) in [6, 6.07) is 6.68. The van der Waals surface area contributed by atoms with E-state index in [1.807, 2.05) is 13.0 Å². The van der Waals surface area contributed by atoms with Crippen molar-refractivity contribution in [3.05, 3.63) is 45.6 Å². The van der Waals surface area contributed by atoms with E-state index in [2.05, 4.69) is 10.4 Å². The minimum absolute atomic E-state index is 0.219. The highest BCUT2D eigenvalue weighted by Gasteiger charge is 2.20. The first kappa shape index (κ1) is 15.5. The molecule has 116 valence electrons. The zero-order valence-corrected chi connectivity index (χ0v) is 12.5. The van der Waals surface area contributed by atoms with E-state index in [0.717, 1.165) is 10.2 Å². The third kappa shape index (κ3) is 3.40. The van der Waals surface area contributed by atoms with E-state index in [4.69, 9.17) is 4.74 Å². The van der Waals surface area contributed by atoms with Crippen LogP contribution >= 0.6 is 0 Å². The van der Waals surface area contributed by atoms with Crippen molar-refractivity contribution in [1.82, 2.24) is 9.78 Å². The number of rotatable bonds is 5. The summed E-state index contributed by atoms with van der Waals surface area (Å²) in [7, 11) is 1.50. The van der Waals surface area contributed by atoms with Gasteiger partial charge in [-0.05, 0) is 36.5 Å². The fourth-order valence-corrected chi connectivity index (χ4v) is 2.04. The molecule has 0 bridgehead atoms. The summed E-state index contributed by atoms with van der Waals surface area (Å²) >= 11 is 0. The first-order chi connectivity index (χ1) is 10.4. The van der Waals surface area contributed by atoms with Crippen molar-refractivity contribution in [3.63, 3.8) is 0 Å². The van der Waals surface area contributed by atoms with Gasteiger partial charge in [-0.1, -0.05) is 11.2 Å². The summed E-state index contributed by atoms with van der Waals surface area (Å²) < 4.78 is 6.23. The van der Waals surface area contributed by atoms with Gasteiger partial charge in [0.25, 0.3) is 5.91 Å². The molecule has 1 aromatic carbocycles. The summed E-state index contributed by atoms with van der Waals surface area (Å²) in [6.07, 6.45) is 0. The van der Waals surface area contributed by atoms with Gasteiger partial charge in [-0.2, -0.15) is 0 Å². The number of ether oxygens (including phenoxy) is 1. The second-order valence-electron chi connectivity index (χ2n) is 4.81. The third-order valence-electron chi connectivity index (χ3n) is 2.99. The third-order valence-corrected chi connectivity index (χ3v) is 2.99. The van der Waals surface area contributed by atoms with Gasteiger partial charge >= 0.3 is 5.82 Å². The average Bonchev–Trinajstić information content (AvgIpc) is 2.80. The fourth-order valence-electron chi connectivity index (χ4n) is 2.04. The van der Waals surface area contributed by atoms with Crippen molar-refractivity contribution in [3.8, 4) is 5.75 Å². The predicted molar refractivity (Wildman–Crippen MR) is 80.0 cm³/mol. The number of methoxy groups -OCH3 is 1. The van der Waals surface area contributed by atoms with Crippen LogP contribution in [0.2, 0.25) is 0 Å². The van der Waals surface area contributed by atoms with Crippen LogP contribution in [0.15, 0.2) is 24.3 Å². The Morgan fingerprint density at radius 1 is 1.41 bits per heavy atom. The Bertz CT molecular complexity index is 724. The number of carbonyl (C=O) groups is 1. The molecular formula is C14H16N4O4. The van der Waals surface area contributed by atoms with E-state index in [-0.39, 0.29) is 12.4 Å². The van der Waals surface area contributed by atoms with Gasteiger partial charge in [0.15, 0.2) is 6.54 Å². The standard InChI is InChI=1S/C14H16N4O4/c1-9-4-5-12(22-3)11(6-9)15-13(19)8-17-14(18(20)21)7-10(2)16-17/h4-7H,8H2,1-3H3,(H,15,19).